The average Bonchev–Trinajstić information content (AvgIpc) is 4.17. The Morgan fingerprint density at radius 3 is 1.48 bits per heavy atom. The largest absolute Gasteiger partial charge is 0.493 e. The van der Waals surface area contributed by atoms with Gasteiger partial charge in [0.2, 0.25) is 18.6 Å². The second kappa shape index (κ2) is 19.2. The standard InChI is InChI=1S/C30H29N3O4.C24H19N3O2/c1-30(2,3)29(34)37-20-36-28-25(18-23-15-10-16-35-23)32-27-24(17-21-11-6-4-7-12-21)31-26(19-33(27)28)22-13-8-5-9-14-22;28-24-21(15-19-12-7-13-29-19)26-23-20(14-17-8-3-1-4-9-17)25-22(16-27(23)24)18-10-5-2-6-11-18/h4-16,19H,17-18,20H2,1-3H3;1-13,16,28H,14-15H2. The first-order chi connectivity index (χ1) is 32.2. The Morgan fingerprint density at radius 2 is 1.00 bits per heavy atom. The Hall–Kier alpha value is -8.25. The van der Waals surface area contributed by atoms with E-state index in [4.69, 9.17) is 38.2 Å². The molecule has 0 aliphatic carbocycles. The highest BCUT2D eigenvalue weighted by atomic mass is 16.7. The van der Waals surface area contributed by atoms with Gasteiger partial charge in [-0.15, -0.1) is 0 Å². The van der Waals surface area contributed by atoms with Gasteiger partial charge in [0.15, 0.2) is 11.3 Å². The number of fused-ring (bicyclic) bond motifs is 2. The third kappa shape index (κ3) is 9.93. The van der Waals surface area contributed by atoms with E-state index >= 15 is 0 Å². The fourth-order valence-electron chi connectivity index (χ4n) is 7.49. The molecule has 66 heavy (non-hydrogen) atoms. The lowest BCUT2D eigenvalue weighted by molar-refractivity contribution is -0.159. The molecule has 0 radical (unpaired) electrons. The van der Waals surface area contributed by atoms with Gasteiger partial charge in [-0.25, -0.2) is 19.9 Å². The maximum Gasteiger partial charge on any atom is 0.314 e. The molecule has 0 saturated carbocycles. The third-order valence-corrected chi connectivity index (χ3v) is 10.8. The molecule has 0 atom stereocenters. The Morgan fingerprint density at radius 1 is 0.545 bits per heavy atom. The van der Waals surface area contributed by atoms with Crippen molar-refractivity contribution in [2.24, 2.45) is 5.41 Å². The lowest BCUT2D eigenvalue weighted by Gasteiger charge is -2.17. The maximum atomic E-state index is 12.3. The normalized spacial score (nSPS) is 11.4. The number of ether oxygens (including phenoxy) is 2. The summed E-state index contributed by atoms with van der Waals surface area (Å²) in [7, 11) is 0. The summed E-state index contributed by atoms with van der Waals surface area (Å²) in [5, 5.41) is 10.9. The molecule has 6 heterocycles. The summed E-state index contributed by atoms with van der Waals surface area (Å²) in [5.41, 5.74) is 9.40. The molecule has 10 aromatic rings. The van der Waals surface area contributed by atoms with E-state index in [2.05, 4.69) is 24.3 Å². The molecule has 0 bridgehead atoms. The van der Waals surface area contributed by atoms with Crippen molar-refractivity contribution >= 4 is 17.3 Å². The zero-order valence-corrected chi connectivity index (χ0v) is 36.9. The molecule has 0 amide bonds. The van der Waals surface area contributed by atoms with Crippen molar-refractivity contribution in [2.75, 3.05) is 6.79 Å². The van der Waals surface area contributed by atoms with Crippen molar-refractivity contribution in [2.45, 2.75) is 46.5 Å². The van der Waals surface area contributed by atoms with Crippen LogP contribution in [0.4, 0.5) is 0 Å². The monoisotopic (exact) mass is 876 g/mol. The smallest absolute Gasteiger partial charge is 0.314 e. The van der Waals surface area contributed by atoms with Gasteiger partial charge in [0.1, 0.15) is 22.9 Å². The summed E-state index contributed by atoms with van der Waals surface area (Å²) in [6, 6.07) is 47.7. The Kier molecular flexibility index (Phi) is 12.5. The zero-order valence-electron chi connectivity index (χ0n) is 36.9. The predicted molar refractivity (Wildman–Crippen MR) is 251 cm³/mol. The molecular formula is C54H48N6O6. The highest BCUT2D eigenvalue weighted by Crippen LogP contribution is 2.31. The van der Waals surface area contributed by atoms with Crippen LogP contribution in [0.1, 0.15) is 66.2 Å². The fraction of sp³-hybridized carbons (Fsp3) is 0.167. The van der Waals surface area contributed by atoms with E-state index in [1.807, 2.05) is 138 Å². The van der Waals surface area contributed by atoms with Crippen LogP contribution in [0.3, 0.4) is 0 Å². The van der Waals surface area contributed by atoms with Gasteiger partial charge in [0.05, 0.1) is 53.6 Å². The van der Waals surface area contributed by atoms with Crippen molar-refractivity contribution in [3.63, 3.8) is 0 Å². The summed E-state index contributed by atoms with van der Waals surface area (Å²) >= 11 is 0. The van der Waals surface area contributed by atoms with Crippen molar-refractivity contribution in [1.82, 2.24) is 28.7 Å². The first kappa shape index (κ1) is 43.0. The number of carbonyl (C=O) groups excluding carboxylic acids is 1. The highest BCUT2D eigenvalue weighted by molar-refractivity contribution is 5.75. The molecule has 0 saturated heterocycles. The van der Waals surface area contributed by atoms with Gasteiger partial charge in [0.25, 0.3) is 0 Å². The topological polar surface area (TPSA) is 142 Å². The third-order valence-electron chi connectivity index (χ3n) is 10.8. The molecule has 6 aromatic heterocycles. The molecule has 330 valence electrons. The van der Waals surface area contributed by atoms with Gasteiger partial charge in [0, 0.05) is 36.4 Å². The minimum atomic E-state index is -0.632. The first-order valence-corrected chi connectivity index (χ1v) is 21.7. The predicted octanol–water partition coefficient (Wildman–Crippen LogP) is 11.0. The molecule has 10 rings (SSSR count). The molecule has 0 aliphatic heterocycles. The number of benzene rings is 4. The Labute approximate surface area is 381 Å². The summed E-state index contributed by atoms with van der Waals surface area (Å²) in [4.78, 5) is 31.9. The molecule has 0 fully saturated rings. The number of carbonyl (C=O) groups is 1. The second-order valence-corrected chi connectivity index (χ2v) is 16.8. The SMILES string of the molecule is CC(C)(C)C(=O)OCOc1c(Cc2ccco2)nc2c(Cc3ccccc3)nc(-c3ccccc3)cn12.Oc1c(Cc2ccco2)nc2c(Cc3ccccc3)nc(-c3ccccc3)cn12. The number of imidazole rings is 2. The summed E-state index contributed by atoms with van der Waals surface area (Å²) in [6.07, 6.45) is 9.08. The summed E-state index contributed by atoms with van der Waals surface area (Å²) in [6.45, 7) is 5.19. The summed E-state index contributed by atoms with van der Waals surface area (Å²) in [5.74, 6) is 1.77. The number of esters is 1. The van der Waals surface area contributed by atoms with Gasteiger partial charge in [-0.1, -0.05) is 121 Å². The number of aromatic hydroxyl groups is 1. The zero-order chi connectivity index (χ0) is 45.5. The number of hydrogen-bond acceptors (Lipinski definition) is 10. The molecule has 12 heteroatoms. The van der Waals surface area contributed by atoms with Gasteiger partial charge in [-0.05, 0) is 56.2 Å². The van der Waals surface area contributed by atoms with Gasteiger partial charge in [-0.2, -0.15) is 0 Å². The van der Waals surface area contributed by atoms with E-state index in [9.17, 15) is 9.90 Å². The lowest BCUT2D eigenvalue weighted by atomic mass is 9.98. The van der Waals surface area contributed by atoms with Crippen molar-refractivity contribution in [1.29, 1.82) is 0 Å². The number of nitrogens with zero attached hydrogens (tertiary/aromatic N) is 6. The van der Waals surface area contributed by atoms with Crippen molar-refractivity contribution in [3.8, 4) is 34.3 Å². The quantitative estimate of drug-likeness (QED) is 0.0878. The molecule has 0 spiro atoms. The molecule has 0 aliphatic rings. The van der Waals surface area contributed by atoms with E-state index in [0.29, 0.717) is 54.2 Å². The van der Waals surface area contributed by atoms with Crippen molar-refractivity contribution in [3.05, 3.63) is 216 Å². The lowest BCUT2D eigenvalue weighted by Crippen LogP contribution is -2.25. The van der Waals surface area contributed by atoms with Crippen LogP contribution < -0.4 is 4.74 Å². The summed E-state index contributed by atoms with van der Waals surface area (Å²) < 4.78 is 26.2. The van der Waals surface area contributed by atoms with Crippen LogP contribution in [0.2, 0.25) is 0 Å². The number of rotatable bonds is 13. The molecular weight excluding hydrogens is 829 g/mol. The van der Waals surface area contributed by atoms with Gasteiger partial charge >= 0.3 is 5.97 Å². The van der Waals surface area contributed by atoms with Crippen LogP contribution in [-0.2, 0) is 35.2 Å². The second-order valence-electron chi connectivity index (χ2n) is 16.8. The van der Waals surface area contributed by atoms with Crippen LogP contribution in [0, 0.1) is 5.41 Å². The molecule has 1 N–H and O–H groups in total. The highest BCUT2D eigenvalue weighted by Gasteiger charge is 2.25. The minimum absolute atomic E-state index is 0.116. The molecule has 12 nitrogen and oxygen atoms in total. The van der Waals surface area contributed by atoms with Crippen LogP contribution >= 0.6 is 0 Å². The van der Waals surface area contributed by atoms with E-state index in [1.165, 1.54) is 0 Å². The Bertz CT molecular complexity index is 3160. The molecule has 4 aromatic carbocycles. The van der Waals surface area contributed by atoms with E-state index in [0.717, 1.165) is 56.6 Å². The number of hydrogen-bond donors (Lipinski definition) is 1. The number of aromatic nitrogens is 6. The van der Waals surface area contributed by atoms with E-state index < -0.39 is 5.41 Å². The fourth-order valence-corrected chi connectivity index (χ4v) is 7.49. The first-order valence-electron chi connectivity index (χ1n) is 21.7. The van der Waals surface area contributed by atoms with Crippen LogP contribution in [0.5, 0.6) is 11.8 Å². The maximum absolute atomic E-state index is 12.3. The van der Waals surface area contributed by atoms with Crippen molar-refractivity contribution < 1.29 is 28.2 Å². The van der Waals surface area contributed by atoms with Gasteiger partial charge in [-0.3, -0.25) is 13.6 Å². The van der Waals surface area contributed by atoms with Crippen LogP contribution in [0.25, 0.3) is 33.8 Å². The van der Waals surface area contributed by atoms with E-state index in [1.54, 1.807) is 37.7 Å². The van der Waals surface area contributed by atoms with Crippen LogP contribution in [-0.4, -0.2) is 46.6 Å². The number of furan rings is 2. The molecule has 0 unspecified atom stereocenters. The Balaban J connectivity index is 0.000000171. The van der Waals surface area contributed by atoms with E-state index in [-0.39, 0.29) is 18.6 Å². The van der Waals surface area contributed by atoms with Gasteiger partial charge < -0.3 is 23.4 Å². The van der Waals surface area contributed by atoms with Crippen LogP contribution in [0.15, 0.2) is 179 Å². The minimum Gasteiger partial charge on any atom is -0.493 e. The average molecular weight is 877 g/mol.